The third kappa shape index (κ3) is 8.53. The molecule has 6 rings (SSSR count). The molecule has 2 bridgehead atoms. The number of hydrogen-bond donors (Lipinski definition) is 1. The van der Waals surface area contributed by atoms with Crippen LogP contribution in [0.15, 0.2) is 47.4 Å². The fourth-order valence-corrected chi connectivity index (χ4v) is 9.71. The van der Waals surface area contributed by atoms with Crippen LogP contribution < -0.4 is 10.2 Å². The number of rotatable bonds is 11. The van der Waals surface area contributed by atoms with Gasteiger partial charge in [0.15, 0.2) is 0 Å². The van der Waals surface area contributed by atoms with Crippen molar-refractivity contribution in [2.45, 2.75) is 88.2 Å². The van der Waals surface area contributed by atoms with Crippen LogP contribution in [0.2, 0.25) is 5.02 Å². The molecule has 4 aliphatic heterocycles. The van der Waals surface area contributed by atoms with Crippen molar-refractivity contribution in [3.8, 4) is 0 Å². The van der Waals surface area contributed by atoms with Crippen molar-refractivity contribution in [2.24, 2.45) is 5.92 Å². The number of likely N-dealkylation sites (tertiary alicyclic amines) is 1. The maximum absolute atomic E-state index is 13.9. The van der Waals surface area contributed by atoms with E-state index in [-0.39, 0.29) is 41.0 Å². The quantitative estimate of drug-likeness (QED) is 0.372. The molecule has 11 nitrogen and oxygen atoms in total. The Bertz CT molecular complexity index is 1630. The molecule has 3 amide bonds. The second-order valence-electron chi connectivity index (χ2n) is 14.3. The Hall–Kier alpha value is -3.03. The minimum atomic E-state index is -3.57. The normalized spacial score (nSPS) is 23.5. The van der Waals surface area contributed by atoms with Crippen molar-refractivity contribution in [3.05, 3.63) is 58.6 Å². The van der Waals surface area contributed by atoms with Gasteiger partial charge in [0.1, 0.15) is 0 Å². The smallest absolute Gasteiger partial charge is 0.243 e. The number of anilines is 1. The number of morpholine rings is 1. The zero-order valence-electron chi connectivity index (χ0n) is 29.2. The van der Waals surface area contributed by atoms with E-state index in [0.29, 0.717) is 75.9 Å². The molecule has 2 unspecified atom stereocenters. The van der Waals surface area contributed by atoms with E-state index in [2.05, 4.69) is 10.2 Å². The number of piperidine rings is 2. The van der Waals surface area contributed by atoms with Gasteiger partial charge in [0.2, 0.25) is 27.7 Å². The molecule has 272 valence electrons. The summed E-state index contributed by atoms with van der Waals surface area (Å²) in [6.45, 7) is 7.70. The summed E-state index contributed by atoms with van der Waals surface area (Å²) >= 11 is 6.50. The molecule has 50 heavy (non-hydrogen) atoms. The second-order valence-corrected chi connectivity index (χ2v) is 16.6. The van der Waals surface area contributed by atoms with Crippen molar-refractivity contribution in [2.75, 3.05) is 57.4 Å². The lowest BCUT2D eigenvalue weighted by molar-refractivity contribution is -0.133. The van der Waals surface area contributed by atoms with Crippen LogP contribution in [0.25, 0.3) is 0 Å². The number of fused-ring (bicyclic) bond motifs is 2. The van der Waals surface area contributed by atoms with Crippen LogP contribution in [-0.2, 0) is 35.6 Å². The highest BCUT2D eigenvalue weighted by Gasteiger charge is 2.41. The summed E-state index contributed by atoms with van der Waals surface area (Å²) in [5, 5.41) is 3.90. The van der Waals surface area contributed by atoms with E-state index in [1.54, 1.807) is 31.2 Å². The molecule has 0 aromatic heterocycles. The molecule has 4 heterocycles. The molecule has 0 spiro atoms. The average molecular weight is 728 g/mol. The van der Waals surface area contributed by atoms with Crippen LogP contribution in [0, 0.1) is 12.8 Å². The van der Waals surface area contributed by atoms with E-state index in [9.17, 15) is 22.8 Å². The van der Waals surface area contributed by atoms with E-state index in [1.165, 1.54) is 4.31 Å². The number of carbonyl (C=O) groups is 3. The Kier molecular flexibility index (Phi) is 11.8. The Balaban J connectivity index is 1.00. The van der Waals surface area contributed by atoms with Crippen LogP contribution >= 0.6 is 11.6 Å². The number of sulfonamides is 1. The number of hydrogen-bond acceptors (Lipinski definition) is 7. The van der Waals surface area contributed by atoms with Crippen molar-refractivity contribution < 1.29 is 27.5 Å². The maximum atomic E-state index is 13.9. The fraction of sp³-hybridized carbons (Fsp3) is 0.595. The molecule has 2 aromatic rings. The summed E-state index contributed by atoms with van der Waals surface area (Å²) in [7, 11) is -3.57. The first-order valence-electron chi connectivity index (χ1n) is 18.0. The van der Waals surface area contributed by atoms with E-state index < -0.39 is 10.0 Å². The third-order valence-corrected chi connectivity index (χ3v) is 13.3. The Morgan fingerprint density at radius 3 is 2.22 bits per heavy atom. The first-order chi connectivity index (χ1) is 24.0. The summed E-state index contributed by atoms with van der Waals surface area (Å²) in [5.41, 5.74) is 2.57. The van der Waals surface area contributed by atoms with E-state index in [1.807, 2.05) is 34.9 Å². The number of carbonyl (C=O) groups excluding carboxylic acids is 3. The highest BCUT2D eigenvalue weighted by molar-refractivity contribution is 7.89. The van der Waals surface area contributed by atoms with Gasteiger partial charge in [-0.15, -0.1) is 0 Å². The predicted octanol–water partition coefficient (Wildman–Crippen LogP) is 4.01. The fourth-order valence-electron chi connectivity index (χ4n) is 8.13. The molecule has 2 aromatic carbocycles. The van der Waals surface area contributed by atoms with E-state index in [4.69, 9.17) is 16.3 Å². The van der Waals surface area contributed by atoms with Gasteiger partial charge in [-0.2, -0.15) is 4.31 Å². The zero-order chi connectivity index (χ0) is 35.4. The van der Waals surface area contributed by atoms with Gasteiger partial charge < -0.3 is 19.9 Å². The predicted molar refractivity (Wildman–Crippen MR) is 193 cm³/mol. The summed E-state index contributed by atoms with van der Waals surface area (Å²) in [6.07, 6.45) is 6.34. The van der Waals surface area contributed by atoms with E-state index >= 15 is 0 Å². The number of nitrogens with one attached hydrogen (secondary N) is 1. The van der Waals surface area contributed by atoms with Gasteiger partial charge in [0, 0.05) is 80.9 Å². The number of aryl methyl sites for hydroxylation is 1. The second kappa shape index (κ2) is 16.1. The van der Waals surface area contributed by atoms with Crippen LogP contribution in [0.5, 0.6) is 0 Å². The number of benzene rings is 2. The molecule has 0 aliphatic carbocycles. The highest BCUT2D eigenvalue weighted by Crippen LogP contribution is 2.36. The summed E-state index contributed by atoms with van der Waals surface area (Å²) < 4.78 is 32.6. The maximum Gasteiger partial charge on any atom is 0.243 e. The molecule has 0 radical (unpaired) electrons. The molecule has 2 atom stereocenters. The molecular formula is C37H50ClN5O6S. The topological polar surface area (TPSA) is 120 Å². The van der Waals surface area contributed by atoms with Crippen LogP contribution in [0.1, 0.15) is 63.0 Å². The lowest BCUT2D eigenvalue weighted by Gasteiger charge is -2.40. The van der Waals surface area contributed by atoms with Gasteiger partial charge in [0.25, 0.3) is 0 Å². The molecule has 0 saturated carbocycles. The molecule has 1 N–H and O–H groups in total. The Morgan fingerprint density at radius 2 is 1.60 bits per heavy atom. The standard InChI is InChI=1S/C37H50ClN5O6S/c1-26-4-7-33(25-35(26)38)43(37(46)29-12-16-40(17-13-29)27(2)44)15-3-14-42-31-8-9-32(42)24-30(23-31)39-36(45)22-28-5-10-34(11-6-28)50(47,48)41-18-20-49-21-19-41/h4-7,10-11,25,29-32H,3,8-9,12-24H2,1-2H3,(H,39,45). The van der Waals surface area contributed by atoms with Gasteiger partial charge in [-0.05, 0) is 87.3 Å². The highest BCUT2D eigenvalue weighted by atomic mass is 35.5. The minimum absolute atomic E-state index is 0.0494. The lowest BCUT2D eigenvalue weighted by Crippen LogP contribution is -2.51. The Labute approximate surface area is 301 Å². The van der Waals surface area contributed by atoms with Crippen molar-refractivity contribution in [1.29, 1.82) is 0 Å². The first-order valence-corrected chi connectivity index (χ1v) is 19.9. The van der Waals surface area contributed by atoms with Crippen LogP contribution in [-0.4, -0.2) is 111 Å². The largest absolute Gasteiger partial charge is 0.379 e. The molecule has 13 heteroatoms. The molecule has 4 fully saturated rings. The SMILES string of the molecule is CC(=O)N1CCC(C(=O)N(CCCN2C3CCC2CC(NC(=O)Cc2ccc(S(=O)(=O)N4CCOCC4)cc2)C3)c2ccc(C)c(Cl)c2)CC1. The molecule has 4 saturated heterocycles. The number of amides is 3. The van der Waals surface area contributed by atoms with Crippen molar-refractivity contribution >= 4 is 45.0 Å². The number of halogens is 1. The third-order valence-electron chi connectivity index (χ3n) is 11.0. The molecule has 4 aliphatic rings. The van der Waals surface area contributed by atoms with Crippen LogP contribution in [0.4, 0.5) is 5.69 Å². The minimum Gasteiger partial charge on any atom is -0.379 e. The van der Waals surface area contributed by atoms with Gasteiger partial charge in [-0.1, -0.05) is 29.8 Å². The number of nitrogens with zero attached hydrogens (tertiary/aromatic N) is 4. The van der Waals surface area contributed by atoms with Crippen LogP contribution in [0.3, 0.4) is 0 Å². The van der Waals surface area contributed by atoms with Gasteiger partial charge >= 0.3 is 0 Å². The summed E-state index contributed by atoms with van der Waals surface area (Å²) in [4.78, 5) is 45.3. The first kappa shape index (κ1) is 36.8. The van der Waals surface area contributed by atoms with Crippen molar-refractivity contribution in [3.63, 3.8) is 0 Å². The summed E-state index contributed by atoms with van der Waals surface area (Å²) in [6, 6.07) is 13.3. The van der Waals surface area contributed by atoms with Crippen molar-refractivity contribution in [1.82, 2.24) is 19.4 Å². The average Bonchev–Trinajstić information content (AvgIpc) is 3.35. The van der Waals surface area contributed by atoms with Gasteiger partial charge in [-0.25, -0.2) is 8.42 Å². The lowest BCUT2D eigenvalue weighted by atomic mass is 9.94. The zero-order valence-corrected chi connectivity index (χ0v) is 30.8. The Morgan fingerprint density at radius 1 is 0.940 bits per heavy atom. The number of ether oxygens (including phenoxy) is 1. The summed E-state index contributed by atoms with van der Waals surface area (Å²) in [5.74, 6) is -0.0135. The van der Waals surface area contributed by atoms with Gasteiger partial charge in [0.05, 0.1) is 24.5 Å². The van der Waals surface area contributed by atoms with E-state index in [0.717, 1.165) is 55.5 Å². The molecular weight excluding hydrogens is 678 g/mol. The monoisotopic (exact) mass is 727 g/mol. The van der Waals surface area contributed by atoms with Gasteiger partial charge in [-0.3, -0.25) is 19.3 Å².